The number of thioether (sulfide) groups is 1. The third-order valence-electron chi connectivity index (χ3n) is 5.49. The quantitative estimate of drug-likeness (QED) is 0.566. The average molecular weight is 465 g/mol. The van der Waals surface area contributed by atoms with Crippen LogP contribution in [0, 0.1) is 11.7 Å². The predicted molar refractivity (Wildman–Crippen MR) is 118 cm³/mol. The molecule has 1 saturated carbocycles. The summed E-state index contributed by atoms with van der Waals surface area (Å²) in [5.41, 5.74) is 4.90. The average Bonchev–Trinajstić information content (AvgIpc) is 3.48. The molecule has 1 fully saturated rings. The number of amidine groups is 1. The molecule has 2 aliphatic rings. The van der Waals surface area contributed by atoms with Crippen LogP contribution in [0.5, 0.6) is 0 Å². The van der Waals surface area contributed by atoms with Gasteiger partial charge in [-0.15, -0.1) is 0 Å². The molecule has 162 valence electrons. The first-order chi connectivity index (χ1) is 14.8. The molecule has 0 saturated heterocycles. The highest BCUT2D eigenvalue weighted by molar-refractivity contribution is 8.15. The lowest BCUT2D eigenvalue weighted by atomic mass is 9.84. The Kier molecular flexibility index (Phi) is 5.76. The number of aliphatic hydroxyl groups is 1. The van der Waals surface area contributed by atoms with E-state index >= 15 is 0 Å². The second-order valence-electron chi connectivity index (χ2n) is 7.42. The largest absolute Gasteiger partial charge is 0.392 e. The Labute approximate surface area is 186 Å². The highest BCUT2D eigenvalue weighted by Crippen LogP contribution is 2.66. The topological polar surface area (TPSA) is 101 Å². The van der Waals surface area contributed by atoms with Gasteiger partial charge < -0.3 is 16.2 Å². The summed E-state index contributed by atoms with van der Waals surface area (Å²) >= 11 is 7.08. The van der Waals surface area contributed by atoms with Gasteiger partial charge in [-0.2, -0.15) is 0 Å². The Balaban J connectivity index is 1.69. The van der Waals surface area contributed by atoms with Crippen LogP contribution in [0.3, 0.4) is 0 Å². The summed E-state index contributed by atoms with van der Waals surface area (Å²) in [6.45, 7) is -1.12. The number of rotatable bonds is 6. The van der Waals surface area contributed by atoms with Gasteiger partial charge in [-0.25, -0.2) is 18.8 Å². The van der Waals surface area contributed by atoms with E-state index in [-0.39, 0.29) is 34.6 Å². The number of alkyl halides is 1. The van der Waals surface area contributed by atoms with Crippen molar-refractivity contribution in [2.24, 2.45) is 16.6 Å². The van der Waals surface area contributed by atoms with Crippen LogP contribution >= 0.6 is 23.4 Å². The zero-order valence-electron chi connectivity index (χ0n) is 16.2. The van der Waals surface area contributed by atoms with Gasteiger partial charge in [0.05, 0.1) is 11.6 Å². The van der Waals surface area contributed by atoms with Gasteiger partial charge >= 0.3 is 0 Å². The second kappa shape index (κ2) is 8.22. The van der Waals surface area contributed by atoms with Crippen molar-refractivity contribution in [3.63, 3.8) is 0 Å². The predicted octanol–water partition coefficient (Wildman–Crippen LogP) is 3.66. The van der Waals surface area contributed by atoms with Crippen molar-refractivity contribution in [2.45, 2.75) is 16.7 Å². The van der Waals surface area contributed by atoms with Crippen molar-refractivity contribution < 1.29 is 18.7 Å². The first-order valence-corrected chi connectivity index (χ1v) is 10.6. The first-order valence-electron chi connectivity index (χ1n) is 9.45. The van der Waals surface area contributed by atoms with Crippen molar-refractivity contribution in [3.8, 4) is 0 Å². The minimum absolute atomic E-state index is 0.0180. The lowest BCUT2D eigenvalue weighted by molar-refractivity contribution is 0.102. The number of nitrogens with zero attached hydrogens (tertiary/aromatic N) is 2. The minimum atomic E-state index is -1.52. The Morgan fingerprint density at radius 1 is 1.42 bits per heavy atom. The van der Waals surface area contributed by atoms with E-state index in [1.54, 1.807) is 12.2 Å². The van der Waals surface area contributed by atoms with Gasteiger partial charge in [-0.05, 0) is 36.8 Å². The molecule has 31 heavy (non-hydrogen) atoms. The molecule has 6 nitrogen and oxygen atoms in total. The molecule has 3 atom stereocenters. The zero-order valence-corrected chi connectivity index (χ0v) is 17.8. The normalized spacial score (nSPS) is 27.0. The molecular weight excluding hydrogens is 446 g/mol. The number of halogens is 3. The van der Waals surface area contributed by atoms with Crippen molar-refractivity contribution in [1.29, 1.82) is 0 Å². The van der Waals surface area contributed by atoms with Crippen LogP contribution in [0.4, 0.5) is 14.5 Å². The maximum atomic E-state index is 14.9. The molecule has 0 unspecified atom stereocenters. The minimum Gasteiger partial charge on any atom is -0.392 e. The number of carbonyl (C=O) groups excluding carboxylic acids is 1. The maximum absolute atomic E-state index is 14.9. The number of fused-ring (bicyclic) bond motifs is 1. The number of anilines is 1. The molecule has 1 aromatic heterocycles. The van der Waals surface area contributed by atoms with E-state index in [2.05, 4.69) is 15.3 Å². The summed E-state index contributed by atoms with van der Waals surface area (Å²) in [7, 11) is 0. The molecule has 4 rings (SSSR count). The number of nitrogens with two attached hydrogens (primary N) is 1. The van der Waals surface area contributed by atoms with Crippen LogP contribution in [0.15, 0.2) is 53.7 Å². The molecule has 10 heteroatoms. The monoisotopic (exact) mass is 464 g/mol. The molecule has 1 aromatic carbocycles. The van der Waals surface area contributed by atoms with Gasteiger partial charge in [0.1, 0.15) is 23.7 Å². The molecule has 0 bridgehead atoms. The zero-order chi connectivity index (χ0) is 22.2. The third kappa shape index (κ3) is 3.93. The number of aliphatic hydroxyl groups excluding tert-OH is 1. The number of pyridine rings is 1. The summed E-state index contributed by atoms with van der Waals surface area (Å²) in [6, 6.07) is 6.92. The number of aromatic nitrogens is 1. The van der Waals surface area contributed by atoms with Gasteiger partial charge in [0.15, 0.2) is 5.17 Å². The lowest BCUT2D eigenvalue weighted by Gasteiger charge is -2.34. The maximum Gasteiger partial charge on any atom is 0.274 e. The van der Waals surface area contributed by atoms with E-state index in [0.29, 0.717) is 11.4 Å². The fourth-order valence-electron chi connectivity index (χ4n) is 3.99. The van der Waals surface area contributed by atoms with Crippen LogP contribution in [0.1, 0.15) is 22.5 Å². The van der Waals surface area contributed by atoms with Crippen LogP contribution in [-0.2, 0) is 5.54 Å². The summed E-state index contributed by atoms with van der Waals surface area (Å²) in [4.78, 5) is 20.8. The lowest BCUT2D eigenvalue weighted by Crippen LogP contribution is -2.39. The Hall–Kier alpha value is -2.49. The SMILES string of the molecule is NC1=N[C@](CF)(c2cc(NC(=O)c3ccc(Cl)cn3)ccc2F)[C@@H]2C[C@]2(/C=C/CO)S1. The molecule has 4 N–H and O–H groups in total. The standard InChI is InChI=1S/C21H19ClF2N4O2S/c22-12-2-5-16(26-10-12)18(30)27-13-3-4-15(24)14(8-13)21(11-23)17-9-20(17,6-1-7-29)31-19(25)28-21/h1-6,8,10,17,29H,7,9,11H2,(H2,25,28)(H,27,30)/b6-1+/t17-,20+,21-/m1/s1. The molecule has 2 aromatic rings. The Bertz CT molecular complexity index is 1080. The van der Waals surface area contributed by atoms with Gasteiger partial charge in [0.25, 0.3) is 5.91 Å². The van der Waals surface area contributed by atoms with Crippen molar-refractivity contribution >= 4 is 40.1 Å². The smallest absolute Gasteiger partial charge is 0.274 e. The second-order valence-corrected chi connectivity index (χ2v) is 9.24. The Morgan fingerprint density at radius 2 is 2.23 bits per heavy atom. The molecule has 1 aliphatic heterocycles. The number of aliphatic imine (C=N–C) groups is 1. The number of benzene rings is 1. The molecule has 2 heterocycles. The molecule has 0 spiro atoms. The van der Waals surface area contributed by atoms with Gasteiger partial charge in [-0.3, -0.25) is 4.79 Å². The van der Waals surface area contributed by atoms with E-state index in [9.17, 15) is 13.6 Å². The van der Waals surface area contributed by atoms with Crippen LogP contribution in [0.25, 0.3) is 0 Å². The summed E-state index contributed by atoms with van der Waals surface area (Å²) in [6.07, 6.45) is 5.23. The van der Waals surface area contributed by atoms with Crippen LogP contribution in [-0.4, -0.2) is 39.2 Å². The van der Waals surface area contributed by atoms with E-state index in [1.165, 1.54) is 48.3 Å². The van der Waals surface area contributed by atoms with Gasteiger partial charge in [0, 0.05) is 28.1 Å². The Morgan fingerprint density at radius 3 is 2.90 bits per heavy atom. The van der Waals surface area contributed by atoms with E-state index in [1.807, 2.05) is 0 Å². The molecule has 0 radical (unpaired) electrons. The number of carbonyl (C=O) groups is 1. The van der Waals surface area contributed by atoms with E-state index in [0.717, 1.165) is 0 Å². The highest BCUT2D eigenvalue weighted by Gasteiger charge is 2.67. The highest BCUT2D eigenvalue weighted by atomic mass is 35.5. The number of amides is 1. The fourth-order valence-corrected chi connectivity index (χ4v) is 5.45. The van der Waals surface area contributed by atoms with Gasteiger partial charge in [0.2, 0.25) is 0 Å². The summed E-state index contributed by atoms with van der Waals surface area (Å²) in [5, 5.41) is 12.3. The van der Waals surface area contributed by atoms with Crippen molar-refractivity contribution in [1.82, 2.24) is 4.98 Å². The van der Waals surface area contributed by atoms with E-state index in [4.69, 9.17) is 22.4 Å². The van der Waals surface area contributed by atoms with Crippen LogP contribution in [0.2, 0.25) is 5.02 Å². The summed E-state index contributed by atoms with van der Waals surface area (Å²) in [5.74, 6) is -1.50. The van der Waals surface area contributed by atoms with Gasteiger partial charge in [-0.1, -0.05) is 35.5 Å². The fraction of sp³-hybridized carbons (Fsp3) is 0.286. The van der Waals surface area contributed by atoms with Crippen molar-refractivity contribution in [3.05, 3.63) is 70.8 Å². The van der Waals surface area contributed by atoms with E-state index < -0.39 is 28.7 Å². The number of hydrogen-bond acceptors (Lipinski definition) is 6. The number of nitrogens with one attached hydrogen (secondary N) is 1. The number of hydrogen-bond donors (Lipinski definition) is 3. The molecular formula is C21H19ClF2N4O2S. The third-order valence-corrected chi connectivity index (χ3v) is 6.98. The molecule has 1 aliphatic carbocycles. The first kappa shape index (κ1) is 21.7. The molecule has 1 amide bonds. The van der Waals surface area contributed by atoms with Crippen LogP contribution < -0.4 is 11.1 Å². The van der Waals surface area contributed by atoms with Crippen molar-refractivity contribution in [2.75, 3.05) is 18.6 Å². The summed E-state index contributed by atoms with van der Waals surface area (Å²) < 4.78 is 28.9.